The van der Waals surface area contributed by atoms with Gasteiger partial charge in [-0.3, -0.25) is 9.52 Å². The van der Waals surface area contributed by atoms with Gasteiger partial charge in [0.15, 0.2) is 0 Å². The molecule has 0 aromatic rings. The fraction of sp³-hybridized carbons (Fsp3) is 0.875. The number of sulfonamides is 1. The third kappa shape index (κ3) is 3.26. The summed E-state index contributed by atoms with van der Waals surface area (Å²) in [5.74, 6) is -0.744. The lowest BCUT2D eigenvalue weighted by atomic mass is 9.94. The first-order valence-corrected chi connectivity index (χ1v) is 6.30. The average molecular weight is 222 g/mol. The van der Waals surface area contributed by atoms with E-state index in [0.29, 0.717) is 12.8 Å². The molecule has 0 radical (unpaired) electrons. The van der Waals surface area contributed by atoms with Crippen molar-refractivity contribution >= 4 is 15.9 Å². The van der Waals surface area contributed by atoms with Crippen molar-refractivity contribution in [2.24, 2.45) is 5.73 Å². The van der Waals surface area contributed by atoms with Crippen molar-refractivity contribution in [3.8, 4) is 0 Å². The number of nitrogens with one attached hydrogen (secondary N) is 1. The summed E-state index contributed by atoms with van der Waals surface area (Å²) in [6, 6.07) is 0. The zero-order valence-corrected chi connectivity index (χ0v) is 9.65. The maximum absolute atomic E-state index is 11.5. The molecule has 0 saturated carbocycles. The Balaban J connectivity index is 4.65. The van der Waals surface area contributed by atoms with Gasteiger partial charge in [0.05, 0.1) is 11.3 Å². The molecular formula is C8H18N2O3S. The van der Waals surface area contributed by atoms with Crippen LogP contribution in [-0.2, 0) is 14.8 Å². The lowest BCUT2D eigenvalue weighted by Crippen LogP contribution is -2.54. The molecule has 0 aromatic carbocycles. The van der Waals surface area contributed by atoms with Crippen LogP contribution < -0.4 is 10.5 Å². The number of carbonyl (C=O) groups is 1. The highest BCUT2D eigenvalue weighted by molar-refractivity contribution is 7.90. The summed E-state index contributed by atoms with van der Waals surface area (Å²) in [4.78, 5) is 11.5. The molecule has 0 heterocycles. The molecule has 1 amide bonds. The van der Waals surface area contributed by atoms with Crippen LogP contribution in [0, 0.1) is 0 Å². The second-order valence-corrected chi connectivity index (χ2v) is 5.21. The smallest absolute Gasteiger partial charge is 0.253 e. The molecule has 5 nitrogen and oxygen atoms in total. The molecule has 0 aliphatic rings. The summed E-state index contributed by atoms with van der Waals surface area (Å²) >= 11 is 0. The van der Waals surface area contributed by atoms with Gasteiger partial charge < -0.3 is 5.73 Å². The zero-order valence-electron chi connectivity index (χ0n) is 8.83. The highest BCUT2D eigenvalue weighted by Crippen LogP contribution is 2.11. The van der Waals surface area contributed by atoms with Crippen LogP contribution in [0.4, 0.5) is 0 Å². The predicted molar refractivity (Wildman–Crippen MR) is 55.1 cm³/mol. The quantitative estimate of drug-likeness (QED) is 0.683. The van der Waals surface area contributed by atoms with E-state index >= 15 is 0 Å². The molecule has 0 aliphatic heterocycles. The average Bonchev–Trinajstić information content (AvgIpc) is 2.16. The number of hydrogen-bond donors (Lipinski definition) is 2. The van der Waals surface area contributed by atoms with Gasteiger partial charge in [0.1, 0.15) is 0 Å². The summed E-state index contributed by atoms with van der Waals surface area (Å²) in [6.45, 7) is 4.97. The maximum atomic E-state index is 11.5. The molecule has 0 aliphatic carbocycles. The van der Waals surface area contributed by atoms with Crippen LogP contribution in [0.1, 0.15) is 33.6 Å². The largest absolute Gasteiger partial charge is 0.317 e. The first kappa shape index (κ1) is 13.4. The van der Waals surface area contributed by atoms with E-state index in [1.807, 2.05) is 4.72 Å². The summed E-state index contributed by atoms with van der Waals surface area (Å²) in [5, 5.41) is 0. The van der Waals surface area contributed by atoms with E-state index in [0.717, 1.165) is 0 Å². The Bertz CT molecular complexity index is 294. The molecule has 0 atom stereocenters. The molecule has 0 unspecified atom stereocenters. The highest BCUT2D eigenvalue weighted by Gasteiger charge is 2.32. The Kier molecular flexibility index (Phi) is 4.54. The minimum absolute atomic E-state index is 0.123. The van der Waals surface area contributed by atoms with E-state index in [4.69, 9.17) is 5.73 Å². The third-order valence-electron chi connectivity index (χ3n) is 2.34. The van der Waals surface area contributed by atoms with Gasteiger partial charge >= 0.3 is 0 Å². The van der Waals surface area contributed by atoms with Gasteiger partial charge in [-0.15, -0.1) is 0 Å². The van der Waals surface area contributed by atoms with E-state index in [1.54, 1.807) is 13.8 Å². The first-order chi connectivity index (χ1) is 6.31. The Labute approximate surface area is 85.1 Å². The van der Waals surface area contributed by atoms with Crippen LogP contribution in [0.5, 0.6) is 0 Å². The SMILES string of the molecule is CCC(N)(CC)C(=O)NS(=O)(=O)CC. The van der Waals surface area contributed by atoms with Gasteiger partial charge in [-0.2, -0.15) is 0 Å². The lowest BCUT2D eigenvalue weighted by Gasteiger charge is -2.24. The molecule has 0 aromatic heterocycles. The number of rotatable bonds is 5. The van der Waals surface area contributed by atoms with E-state index in [1.165, 1.54) is 6.92 Å². The standard InChI is InChI=1S/C8H18N2O3S/c1-4-8(9,5-2)7(11)10-14(12,13)6-3/h4-6,9H2,1-3H3,(H,10,11). The molecule has 6 heteroatoms. The Morgan fingerprint density at radius 1 is 1.29 bits per heavy atom. The third-order valence-corrected chi connectivity index (χ3v) is 3.60. The van der Waals surface area contributed by atoms with Crippen molar-refractivity contribution in [1.82, 2.24) is 4.72 Å². The van der Waals surface area contributed by atoms with Crippen molar-refractivity contribution in [3.05, 3.63) is 0 Å². The zero-order chi connectivity index (χ0) is 11.4. The molecule has 0 rings (SSSR count). The van der Waals surface area contributed by atoms with Crippen LogP contribution in [-0.4, -0.2) is 25.6 Å². The van der Waals surface area contributed by atoms with E-state index in [2.05, 4.69) is 0 Å². The van der Waals surface area contributed by atoms with Crippen molar-refractivity contribution in [1.29, 1.82) is 0 Å². The fourth-order valence-electron chi connectivity index (χ4n) is 0.886. The number of amides is 1. The molecule has 84 valence electrons. The van der Waals surface area contributed by atoms with Gasteiger partial charge in [-0.25, -0.2) is 8.42 Å². The molecule has 0 fully saturated rings. The van der Waals surface area contributed by atoms with Gasteiger partial charge in [0, 0.05) is 0 Å². The van der Waals surface area contributed by atoms with Gasteiger partial charge in [0.25, 0.3) is 5.91 Å². The Morgan fingerprint density at radius 3 is 2.00 bits per heavy atom. The van der Waals surface area contributed by atoms with Crippen LogP contribution >= 0.6 is 0 Å². The van der Waals surface area contributed by atoms with Crippen LogP contribution in [0.2, 0.25) is 0 Å². The van der Waals surface area contributed by atoms with E-state index in [9.17, 15) is 13.2 Å². The molecule has 0 bridgehead atoms. The molecular weight excluding hydrogens is 204 g/mol. The topological polar surface area (TPSA) is 89.3 Å². The Hall–Kier alpha value is -0.620. The maximum Gasteiger partial charge on any atom is 0.253 e. The van der Waals surface area contributed by atoms with Crippen LogP contribution in [0.3, 0.4) is 0 Å². The number of nitrogens with two attached hydrogens (primary N) is 1. The minimum Gasteiger partial charge on any atom is -0.317 e. The van der Waals surface area contributed by atoms with Crippen LogP contribution in [0.15, 0.2) is 0 Å². The van der Waals surface area contributed by atoms with E-state index in [-0.39, 0.29) is 5.75 Å². The predicted octanol–water partition coefficient (Wildman–Crippen LogP) is -0.0302. The number of hydrogen-bond acceptors (Lipinski definition) is 4. The molecule has 14 heavy (non-hydrogen) atoms. The van der Waals surface area contributed by atoms with Crippen molar-refractivity contribution in [2.45, 2.75) is 39.2 Å². The second-order valence-electron chi connectivity index (χ2n) is 3.20. The Morgan fingerprint density at radius 2 is 1.71 bits per heavy atom. The first-order valence-electron chi connectivity index (χ1n) is 4.65. The van der Waals surface area contributed by atoms with Gasteiger partial charge in [-0.1, -0.05) is 13.8 Å². The summed E-state index contributed by atoms with van der Waals surface area (Å²) in [6.07, 6.45) is 0.823. The van der Waals surface area contributed by atoms with Crippen molar-refractivity contribution in [2.75, 3.05) is 5.75 Å². The molecule has 3 N–H and O–H groups in total. The number of carbonyl (C=O) groups excluding carboxylic acids is 1. The fourth-order valence-corrected chi connectivity index (χ4v) is 1.52. The summed E-state index contributed by atoms with van der Waals surface area (Å²) in [5.41, 5.74) is 4.64. The van der Waals surface area contributed by atoms with Crippen molar-refractivity contribution in [3.63, 3.8) is 0 Å². The van der Waals surface area contributed by atoms with Crippen LogP contribution in [0.25, 0.3) is 0 Å². The lowest BCUT2D eigenvalue weighted by molar-refractivity contribution is -0.124. The monoisotopic (exact) mass is 222 g/mol. The van der Waals surface area contributed by atoms with E-state index < -0.39 is 21.5 Å². The summed E-state index contributed by atoms with van der Waals surface area (Å²) < 4.78 is 24.2. The normalized spacial score (nSPS) is 12.6. The second kappa shape index (κ2) is 4.75. The minimum atomic E-state index is -3.50. The molecule has 0 saturated heterocycles. The van der Waals surface area contributed by atoms with Gasteiger partial charge in [0.2, 0.25) is 10.0 Å². The van der Waals surface area contributed by atoms with Crippen molar-refractivity contribution < 1.29 is 13.2 Å². The molecule has 0 spiro atoms. The highest BCUT2D eigenvalue weighted by atomic mass is 32.2. The summed E-state index contributed by atoms with van der Waals surface area (Å²) in [7, 11) is -3.50. The van der Waals surface area contributed by atoms with Gasteiger partial charge in [-0.05, 0) is 19.8 Å².